The number of halogens is 3. The van der Waals surface area contributed by atoms with Crippen molar-refractivity contribution in [3.8, 4) is 11.5 Å². The van der Waals surface area contributed by atoms with Crippen molar-refractivity contribution in [1.29, 1.82) is 0 Å². The molecule has 23 heavy (non-hydrogen) atoms. The molecule has 0 aliphatic heterocycles. The smallest absolute Gasteiger partial charge is 0.141 e. The summed E-state index contributed by atoms with van der Waals surface area (Å²) < 4.78 is 10.8. The van der Waals surface area contributed by atoms with Crippen molar-refractivity contribution in [2.24, 2.45) is 0 Å². The Kier molecular flexibility index (Phi) is 6.39. The number of carbonyl (C=O) groups is 1. The standard InChI is InChI=1S/C16H13Cl3O4/c17-10-1-4-12(5-2-10)23-15(16(20)21)7-8-22-14-6-3-11(18)9-13(14)19/h1-6,9,15H,7-8H2,(H,20,21)/p-1. The van der Waals surface area contributed by atoms with Crippen LogP contribution in [0.25, 0.3) is 0 Å². The highest BCUT2D eigenvalue weighted by atomic mass is 35.5. The van der Waals surface area contributed by atoms with Crippen LogP contribution in [0.1, 0.15) is 6.42 Å². The van der Waals surface area contributed by atoms with E-state index in [1.54, 1.807) is 42.5 Å². The van der Waals surface area contributed by atoms with Crippen LogP contribution in [0.5, 0.6) is 11.5 Å². The minimum atomic E-state index is -1.33. The van der Waals surface area contributed by atoms with E-state index >= 15 is 0 Å². The molecule has 0 fully saturated rings. The minimum absolute atomic E-state index is 0.0872. The summed E-state index contributed by atoms with van der Waals surface area (Å²) in [4.78, 5) is 11.2. The van der Waals surface area contributed by atoms with Gasteiger partial charge in [0, 0.05) is 16.5 Å². The maximum Gasteiger partial charge on any atom is 0.141 e. The monoisotopic (exact) mass is 373 g/mol. The first-order chi connectivity index (χ1) is 11.0. The zero-order valence-corrected chi connectivity index (χ0v) is 14.1. The lowest BCUT2D eigenvalue weighted by molar-refractivity contribution is -0.314. The second kappa shape index (κ2) is 8.29. The summed E-state index contributed by atoms with van der Waals surface area (Å²) >= 11 is 17.5. The number of carboxylic acids is 1. The van der Waals surface area contributed by atoms with Crippen molar-refractivity contribution in [1.82, 2.24) is 0 Å². The molecule has 2 aromatic rings. The molecule has 0 saturated carbocycles. The highest BCUT2D eigenvalue weighted by molar-refractivity contribution is 6.35. The molecule has 0 heterocycles. The van der Waals surface area contributed by atoms with Crippen LogP contribution in [-0.2, 0) is 4.79 Å². The molecule has 2 aromatic carbocycles. The molecule has 122 valence electrons. The van der Waals surface area contributed by atoms with Crippen molar-refractivity contribution < 1.29 is 19.4 Å². The van der Waals surface area contributed by atoms with Gasteiger partial charge in [0.1, 0.15) is 17.6 Å². The van der Waals surface area contributed by atoms with Gasteiger partial charge in [-0.2, -0.15) is 0 Å². The van der Waals surface area contributed by atoms with Gasteiger partial charge in [-0.3, -0.25) is 0 Å². The van der Waals surface area contributed by atoms with Gasteiger partial charge in [0.25, 0.3) is 0 Å². The van der Waals surface area contributed by atoms with Crippen molar-refractivity contribution >= 4 is 40.8 Å². The molecule has 0 amide bonds. The van der Waals surface area contributed by atoms with Gasteiger partial charge in [-0.05, 0) is 42.5 Å². The van der Waals surface area contributed by atoms with E-state index in [9.17, 15) is 9.90 Å². The van der Waals surface area contributed by atoms with Crippen molar-refractivity contribution in [2.75, 3.05) is 6.61 Å². The van der Waals surface area contributed by atoms with Gasteiger partial charge >= 0.3 is 0 Å². The lowest BCUT2D eigenvalue weighted by Gasteiger charge is -2.20. The third kappa shape index (κ3) is 5.50. The molecule has 0 aliphatic carbocycles. The molecule has 0 aliphatic rings. The van der Waals surface area contributed by atoms with E-state index in [-0.39, 0.29) is 13.0 Å². The largest absolute Gasteiger partial charge is 0.546 e. The normalized spacial score (nSPS) is 11.8. The van der Waals surface area contributed by atoms with Crippen LogP contribution >= 0.6 is 34.8 Å². The Morgan fingerprint density at radius 2 is 1.70 bits per heavy atom. The van der Waals surface area contributed by atoms with E-state index in [1.165, 1.54) is 0 Å². The third-order valence-electron chi connectivity index (χ3n) is 2.89. The number of benzene rings is 2. The van der Waals surface area contributed by atoms with E-state index < -0.39 is 12.1 Å². The summed E-state index contributed by atoms with van der Waals surface area (Å²) in [6, 6.07) is 11.1. The first kappa shape index (κ1) is 17.7. The number of carbonyl (C=O) groups excluding carboxylic acids is 1. The van der Waals surface area contributed by atoms with E-state index in [1.807, 2.05) is 0 Å². The maximum atomic E-state index is 11.2. The zero-order valence-electron chi connectivity index (χ0n) is 11.8. The topological polar surface area (TPSA) is 58.6 Å². The SMILES string of the molecule is O=C([O-])C(CCOc1ccc(Cl)cc1Cl)Oc1ccc(Cl)cc1. The molecular formula is C16H12Cl3O4-. The van der Waals surface area contributed by atoms with E-state index in [4.69, 9.17) is 44.3 Å². The molecule has 0 spiro atoms. The highest BCUT2D eigenvalue weighted by Crippen LogP contribution is 2.27. The van der Waals surface area contributed by atoms with Crippen molar-refractivity contribution in [2.45, 2.75) is 12.5 Å². The molecule has 1 unspecified atom stereocenters. The lowest BCUT2D eigenvalue weighted by Crippen LogP contribution is -2.40. The van der Waals surface area contributed by atoms with Crippen LogP contribution in [0, 0.1) is 0 Å². The number of carboxylic acid groups (broad SMARTS) is 1. The van der Waals surface area contributed by atoms with E-state index in [0.717, 1.165) is 0 Å². The van der Waals surface area contributed by atoms with Gasteiger partial charge in [-0.15, -0.1) is 0 Å². The molecule has 0 aromatic heterocycles. The Labute approximate surface area is 148 Å². The molecule has 0 radical (unpaired) electrons. The van der Waals surface area contributed by atoms with Crippen LogP contribution < -0.4 is 14.6 Å². The van der Waals surface area contributed by atoms with Gasteiger partial charge < -0.3 is 19.4 Å². The molecule has 1 atom stereocenters. The molecular weight excluding hydrogens is 363 g/mol. The Hall–Kier alpha value is -1.62. The van der Waals surface area contributed by atoms with Crippen LogP contribution in [-0.4, -0.2) is 18.7 Å². The van der Waals surface area contributed by atoms with Crippen LogP contribution in [0.4, 0.5) is 0 Å². The fourth-order valence-electron chi connectivity index (χ4n) is 1.77. The van der Waals surface area contributed by atoms with Gasteiger partial charge in [-0.25, -0.2) is 0 Å². The van der Waals surface area contributed by atoms with E-state index in [0.29, 0.717) is 26.6 Å². The second-order valence-electron chi connectivity index (χ2n) is 4.59. The number of hydrogen-bond donors (Lipinski definition) is 0. The predicted octanol–water partition coefficient (Wildman–Crippen LogP) is 3.61. The van der Waals surface area contributed by atoms with Crippen molar-refractivity contribution in [3.63, 3.8) is 0 Å². The first-order valence-corrected chi connectivity index (χ1v) is 7.80. The van der Waals surface area contributed by atoms with Crippen LogP contribution in [0.15, 0.2) is 42.5 Å². The maximum absolute atomic E-state index is 11.2. The average molecular weight is 375 g/mol. The summed E-state index contributed by atoms with van der Waals surface area (Å²) in [7, 11) is 0. The Bertz CT molecular complexity index is 674. The number of ether oxygens (including phenoxy) is 2. The summed E-state index contributed by atoms with van der Waals surface area (Å²) in [6.07, 6.45) is -1.06. The molecule has 0 N–H and O–H groups in total. The zero-order chi connectivity index (χ0) is 16.8. The summed E-state index contributed by atoms with van der Waals surface area (Å²) in [5, 5.41) is 12.5. The molecule has 2 rings (SSSR count). The van der Waals surface area contributed by atoms with Crippen LogP contribution in [0.3, 0.4) is 0 Å². The molecule has 7 heteroatoms. The van der Waals surface area contributed by atoms with Gasteiger partial charge in [0.2, 0.25) is 0 Å². The van der Waals surface area contributed by atoms with Gasteiger partial charge in [0.15, 0.2) is 0 Å². The van der Waals surface area contributed by atoms with Crippen molar-refractivity contribution in [3.05, 3.63) is 57.5 Å². The lowest BCUT2D eigenvalue weighted by atomic mass is 10.2. The summed E-state index contributed by atoms with van der Waals surface area (Å²) in [5.74, 6) is -0.529. The Balaban J connectivity index is 1.92. The average Bonchev–Trinajstić information content (AvgIpc) is 2.50. The highest BCUT2D eigenvalue weighted by Gasteiger charge is 2.13. The minimum Gasteiger partial charge on any atom is -0.546 e. The first-order valence-electron chi connectivity index (χ1n) is 6.66. The Morgan fingerprint density at radius 3 is 2.30 bits per heavy atom. The van der Waals surface area contributed by atoms with Gasteiger partial charge in [0.05, 0.1) is 17.6 Å². The summed E-state index contributed by atoms with van der Waals surface area (Å²) in [5.41, 5.74) is 0. The van der Waals surface area contributed by atoms with E-state index in [2.05, 4.69) is 0 Å². The molecule has 0 bridgehead atoms. The Morgan fingerprint density at radius 1 is 1.04 bits per heavy atom. The summed E-state index contributed by atoms with van der Waals surface area (Å²) in [6.45, 7) is 0.0909. The fraction of sp³-hybridized carbons (Fsp3) is 0.188. The van der Waals surface area contributed by atoms with Crippen LogP contribution in [0.2, 0.25) is 15.1 Å². The second-order valence-corrected chi connectivity index (χ2v) is 5.87. The fourth-order valence-corrected chi connectivity index (χ4v) is 2.36. The quantitative estimate of drug-likeness (QED) is 0.743. The number of hydrogen-bond acceptors (Lipinski definition) is 4. The van der Waals surface area contributed by atoms with Gasteiger partial charge in [-0.1, -0.05) is 34.8 Å². The third-order valence-corrected chi connectivity index (χ3v) is 3.67. The molecule has 0 saturated heterocycles. The number of rotatable bonds is 7. The predicted molar refractivity (Wildman–Crippen MR) is 87.4 cm³/mol. The number of aliphatic carboxylic acids is 1. The molecule has 4 nitrogen and oxygen atoms in total.